The summed E-state index contributed by atoms with van der Waals surface area (Å²) in [5.74, 6) is 0.443. The van der Waals surface area contributed by atoms with Gasteiger partial charge in [-0.05, 0) is 31.5 Å². The molecular formula is C15H21NO. The highest BCUT2D eigenvalue weighted by Gasteiger charge is 2.30. The lowest BCUT2D eigenvalue weighted by Crippen LogP contribution is -2.34. The van der Waals surface area contributed by atoms with E-state index in [1.165, 1.54) is 12.8 Å². The number of carbonyl (C=O) groups excluding carboxylic acids is 1. The van der Waals surface area contributed by atoms with Gasteiger partial charge in [0.05, 0.1) is 6.04 Å². The second-order valence-corrected chi connectivity index (χ2v) is 5.11. The summed E-state index contributed by atoms with van der Waals surface area (Å²) in [4.78, 5) is 14.7. The van der Waals surface area contributed by atoms with Crippen LogP contribution < -0.4 is 0 Å². The molecule has 1 unspecified atom stereocenters. The number of nitrogens with zero attached hydrogens (tertiary/aromatic N) is 1. The molecule has 0 saturated carbocycles. The van der Waals surface area contributed by atoms with Crippen molar-refractivity contribution in [2.24, 2.45) is 5.92 Å². The molecule has 0 amide bonds. The maximum Gasteiger partial charge on any atom is 0.157 e. The number of hydrogen-bond donors (Lipinski definition) is 0. The van der Waals surface area contributed by atoms with Gasteiger partial charge < -0.3 is 0 Å². The second kappa shape index (κ2) is 5.46. The molecule has 0 aliphatic carbocycles. The lowest BCUT2D eigenvalue weighted by Gasteiger charge is -2.28. The van der Waals surface area contributed by atoms with Crippen LogP contribution in [-0.2, 0) is 4.79 Å². The third kappa shape index (κ3) is 2.75. The lowest BCUT2D eigenvalue weighted by atomic mass is 9.94. The Morgan fingerprint density at radius 3 is 2.24 bits per heavy atom. The zero-order valence-corrected chi connectivity index (χ0v) is 10.7. The molecule has 2 rings (SSSR count). The number of hydrogen-bond acceptors (Lipinski definition) is 2. The predicted molar refractivity (Wildman–Crippen MR) is 69.8 cm³/mol. The zero-order chi connectivity index (χ0) is 12.3. The first kappa shape index (κ1) is 12.3. The fraction of sp³-hybridized carbons (Fsp3) is 0.533. The Labute approximate surface area is 104 Å². The van der Waals surface area contributed by atoms with Gasteiger partial charge in [-0.1, -0.05) is 44.2 Å². The minimum Gasteiger partial charge on any atom is -0.297 e. The third-order valence-electron chi connectivity index (χ3n) is 3.46. The molecule has 0 radical (unpaired) electrons. The monoisotopic (exact) mass is 231 g/mol. The van der Waals surface area contributed by atoms with Crippen LogP contribution in [0.2, 0.25) is 0 Å². The number of benzene rings is 1. The van der Waals surface area contributed by atoms with E-state index < -0.39 is 0 Å². The van der Waals surface area contributed by atoms with Crippen LogP contribution in [-0.4, -0.2) is 23.8 Å². The first-order valence-corrected chi connectivity index (χ1v) is 6.53. The fourth-order valence-corrected chi connectivity index (χ4v) is 2.51. The predicted octanol–water partition coefficient (Wildman–Crippen LogP) is 3.05. The van der Waals surface area contributed by atoms with Crippen LogP contribution in [0.3, 0.4) is 0 Å². The summed E-state index contributed by atoms with van der Waals surface area (Å²) in [6, 6.07) is 10.2. The molecule has 1 heterocycles. The Morgan fingerprint density at radius 1 is 1.12 bits per heavy atom. The van der Waals surface area contributed by atoms with Gasteiger partial charge in [0.15, 0.2) is 5.78 Å². The molecule has 2 nitrogen and oxygen atoms in total. The van der Waals surface area contributed by atoms with E-state index >= 15 is 0 Å². The van der Waals surface area contributed by atoms with E-state index in [4.69, 9.17) is 0 Å². The van der Waals surface area contributed by atoms with E-state index in [1.54, 1.807) is 0 Å². The van der Waals surface area contributed by atoms with E-state index in [1.807, 2.05) is 32.0 Å². The number of ketones is 1. The third-order valence-corrected chi connectivity index (χ3v) is 3.46. The van der Waals surface area contributed by atoms with E-state index in [9.17, 15) is 4.79 Å². The minimum atomic E-state index is -0.0290. The van der Waals surface area contributed by atoms with E-state index in [0.717, 1.165) is 18.7 Å². The summed E-state index contributed by atoms with van der Waals surface area (Å²) in [5.41, 5.74) is 1.15. The van der Waals surface area contributed by atoms with Crippen molar-refractivity contribution in [3.63, 3.8) is 0 Å². The molecule has 1 fully saturated rings. The molecule has 2 heteroatoms. The van der Waals surface area contributed by atoms with Crippen LogP contribution in [0, 0.1) is 5.92 Å². The summed E-state index contributed by atoms with van der Waals surface area (Å²) < 4.78 is 0. The number of Topliss-reactive ketones (excluding diaryl/α,β-unsaturated/α-hetero) is 1. The van der Waals surface area contributed by atoms with Gasteiger partial charge in [0.1, 0.15) is 0 Å². The van der Waals surface area contributed by atoms with E-state index in [0.29, 0.717) is 5.78 Å². The first-order valence-electron chi connectivity index (χ1n) is 6.53. The maximum atomic E-state index is 12.4. The highest BCUT2D eigenvalue weighted by atomic mass is 16.1. The summed E-state index contributed by atoms with van der Waals surface area (Å²) in [6.07, 6.45) is 2.43. The highest BCUT2D eigenvalue weighted by molar-refractivity contribution is 5.87. The van der Waals surface area contributed by atoms with Gasteiger partial charge in [-0.15, -0.1) is 0 Å². The molecule has 0 spiro atoms. The van der Waals surface area contributed by atoms with Crippen molar-refractivity contribution in [3.05, 3.63) is 35.9 Å². The Balaban J connectivity index is 2.27. The fourth-order valence-electron chi connectivity index (χ4n) is 2.51. The smallest absolute Gasteiger partial charge is 0.157 e. The van der Waals surface area contributed by atoms with Crippen molar-refractivity contribution in [2.45, 2.75) is 32.7 Å². The number of likely N-dealkylation sites (tertiary alicyclic amines) is 1. The molecular weight excluding hydrogens is 210 g/mol. The first-order chi connectivity index (χ1) is 8.20. The molecule has 17 heavy (non-hydrogen) atoms. The molecule has 92 valence electrons. The van der Waals surface area contributed by atoms with Crippen molar-refractivity contribution < 1.29 is 4.79 Å². The molecule has 0 N–H and O–H groups in total. The Bertz CT molecular complexity index is 366. The molecule has 1 aromatic rings. The Morgan fingerprint density at radius 2 is 1.71 bits per heavy atom. The van der Waals surface area contributed by atoms with Crippen molar-refractivity contribution in [1.82, 2.24) is 4.90 Å². The number of rotatable bonds is 4. The van der Waals surface area contributed by atoms with Crippen LogP contribution in [0.4, 0.5) is 0 Å². The Hall–Kier alpha value is -1.15. The van der Waals surface area contributed by atoms with Crippen LogP contribution in [0.5, 0.6) is 0 Å². The van der Waals surface area contributed by atoms with Gasteiger partial charge in [0.25, 0.3) is 0 Å². The average molecular weight is 231 g/mol. The van der Waals surface area contributed by atoms with Gasteiger partial charge in [0, 0.05) is 5.92 Å². The molecule has 1 aromatic carbocycles. The molecule has 1 aliphatic heterocycles. The summed E-state index contributed by atoms with van der Waals surface area (Å²) >= 11 is 0. The normalized spacial score (nSPS) is 18.5. The van der Waals surface area contributed by atoms with E-state index in [-0.39, 0.29) is 12.0 Å². The minimum absolute atomic E-state index is 0.0290. The number of carbonyl (C=O) groups is 1. The van der Waals surface area contributed by atoms with Crippen LogP contribution in [0.1, 0.15) is 38.3 Å². The summed E-state index contributed by atoms with van der Waals surface area (Å²) in [5, 5.41) is 0. The summed E-state index contributed by atoms with van der Waals surface area (Å²) in [7, 11) is 0. The molecule has 0 aromatic heterocycles. The summed E-state index contributed by atoms with van der Waals surface area (Å²) in [6.45, 7) is 6.10. The van der Waals surface area contributed by atoms with Crippen LogP contribution in [0.15, 0.2) is 30.3 Å². The standard InChI is InChI=1S/C15H21NO/c1-12(2)15(17)14(16-10-6-7-11-16)13-8-4-3-5-9-13/h3-5,8-9,12,14H,6-7,10-11H2,1-2H3. The molecule has 1 atom stereocenters. The zero-order valence-electron chi connectivity index (χ0n) is 10.7. The second-order valence-electron chi connectivity index (χ2n) is 5.11. The van der Waals surface area contributed by atoms with Gasteiger partial charge in [-0.2, -0.15) is 0 Å². The van der Waals surface area contributed by atoms with Crippen molar-refractivity contribution in [1.29, 1.82) is 0 Å². The van der Waals surface area contributed by atoms with Gasteiger partial charge in [-0.25, -0.2) is 0 Å². The van der Waals surface area contributed by atoms with Crippen molar-refractivity contribution in [3.8, 4) is 0 Å². The SMILES string of the molecule is CC(C)C(=O)C(c1ccccc1)N1CCCC1. The van der Waals surface area contributed by atoms with Crippen LogP contribution >= 0.6 is 0 Å². The van der Waals surface area contributed by atoms with Crippen molar-refractivity contribution >= 4 is 5.78 Å². The van der Waals surface area contributed by atoms with Gasteiger partial charge >= 0.3 is 0 Å². The van der Waals surface area contributed by atoms with Gasteiger partial charge in [0.2, 0.25) is 0 Å². The molecule has 1 aliphatic rings. The quantitative estimate of drug-likeness (QED) is 0.793. The average Bonchev–Trinajstić information content (AvgIpc) is 2.84. The van der Waals surface area contributed by atoms with Gasteiger partial charge in [-0.3, -0.25) is 9.69 Å². The topological polar surface area (TPSA) is 20.3 Å². The van der Waals surface area contributed by atoms with Crippen LogP contribution in [0.25, 0.3) is 0 Å². The maximum absolute atomic E-state index is 12.4. The largest absolute Gasteiger partial charge is 0.297 e. The Kier molecular flexibility index (Phi) is 3.95. The highest BCUT2D eigenvalue weighted by Crippen LogP contribution is 2.28. The lowest BCUT2D eigenvalue weighted by molar-refractivity contribution is -0.127. The molecule has 0 bridgehead atoms. The molecule has 1 saturated heterocycles. The van der Waals surface area contributed by atoms with Crippen molar-refractivity contribution in [2.75, 3.05) is 13.1 Å². The van der Waals surface area contributed by atoms with E-state index in [2.05, 4.69) is 17.0 Å².